The SMILES string of the molecule is CCCN1C(c2ccc(OC)cc2)=Nc2ccc(Br)cc2C1c1ccccc1. The van der Waals surface area contributed by atoms with Crippen LogP contribution in [0.25, 0.3) is 0 Å². The molecule has 1 atom stereocenters. The molecule has 1 aliphatic heterocycles. The lowest BCUT2D eigenvalue weighted by molar-refractivity contribution is 0.352. The summed E-state index contributed by atoms with van der Waals surface area (Å²) in [6.07, 6.45) is 1.04. The summed E-state index contributed by atoms with van der Waals surface area (Å²) in [6.45, 7) is 3.14. The maximum atomic E-state index is 5.33. The van der Waals surface area contributed by atoms with E-state index in [-0.39, 0.29) is 6.04 Å². The molecule has 0 bridgehead atoms. The molecule has 142 valence electrons. The zero-order chi connectivity index (χ0) is 19.5. The van der Waals surface area contributed by atoms with Gasteiger partial charge in [0.05, 0.1) is 18.8 Å². The number of hydrogen-bond donors (Lipinski definition) is 0. The molecule has 0 aliphatic carbocycles. The monoisotopic (exact) mass is 434 g/mol. The van der Waals surface area contributed by atoms with E-state index >= 15 is 0 Å². The second-order valence-electron chi connectivity index (χ2n) is 6.87. The van der Waals surface area contributed by atoms with Gasteiger partial charge in [-0.2, -0.15) is 0 Å². The second kappa shape index (κ2) is 8.19. The average Bonchev–Trinajstić information content (AvgIpc) is 2.74. The van der Waals surface area contributed by atoms with Crippen molar-refractivity contribution in [1.29, 1.82) is 0 Å². The molecular weight excluding hydrogens is 412 g/mol. The number of ether oxygens (including phenoxy) is 1. The third-order valence-corrected chi connectivity index (χ3v) is 5.52. The highest BCUT2D eigenvalue weighted by molar-refractivity contribution is 9.10. The van der Waals surface area contributed by atoms with Gasteiger partial charge < -0.3 is 9.64 Å². The Morgan fingerprint density at radius 3 is 2.43 bits per heavy atom. The number of nitrogens with zero attached hydrogens (tertiary/aromatic N) is 2. The van der Waals surface area contributed by atoms with Crippen LogP contribution in [0.4, 0.5) is 5.69 Å². The van der Waals surface area contributed by atoms with Gasteiger partial charge in [0.2, 0.25) is 0 Å². The van der Waals surface area contributed by atoms with E-state index in [1.54, 1.807) is 7.11 Å². The first-order valence-corrected chi connectivity index (χ1v) is 10.3. The van der Waals surface area contributed by atoms with Crippen LogP contribution in [0, 0.1) is 0 Å². The Morgan fingerprint density at radius 2 is 1.75 bits per heavy atom. The lowest BCUT2D eigenvalue weighted by atomic mass is 9.92. The summed E-state index contributed by atoms with van der Waals surface area (Å²) >= 11 is 3.64. The van der Waals surface area contributed by atoms with Crippen LogP contribution in [0.2, 0.25) is 0 Å². The minimum Gasteiger partial charge on any atom is -0.497 e. The lowest BCUT2D eigenvalue weighted by Crippen LogP contribution is -2.38. The number of methoxy groups -OCH3 is 1. The number of halogens is 1. The Morgan fingerprint density at radius 1 is 1.00 bits per heavy atom. The predicted molar refractivity (Wildman–Crippen MR) is 119 cm³/mol. The first-order chi connectivity index (χ1) is 13.7. The van der Waals surface area contributed by atoms with Crippen molar-refractivity contribution in [2.45, 2.75) is 19.4 Å². The normalized spacial score (nSPS) is 15.8. The number of aliphatic imine (C=N–C) groups is 1. The molecule has 4 heteroatoms. The highest BCUT2D eigenvalue weighted by atomic mass is 79.9. The molecule has 0 saturated heterocycles. The summed E-state index contributed by atoms with van der Waals surface area (Å²) < 4.78 is 6.41. The van der Waals surface area contributed by atoms with E-state index in [1.165, 1.54) is 11.1 Å². The molecule has 3 nitrogen and oxygen atoms in total. The van der Waals surface area contributed by atoms with E-state index in [9.17, 15) is 0 Å². The molecule has 0 radical (unpaired) electrons. The molecule has 3 aromatic carbocycles. The standard InChI is InChI=1S/C24H23BrN2O/c1-3-15-27-23(17-7-5-4-6-8-17)21-16-19(25)11-14-22(21)26-24(27)18-9-12-20(28-2)13-10-18/h4-14,16,23H,3,15H2,1-2H3. The van der Waals surface area contributed by atoms with Gasteiger partial charge in [0.15, 0.2) is 0 Å². The Labute approximate surface area is 174 Å². The van der Waals surface area contributed by atoms with Gasteiger partial charge in [-0.3, -0.25) is 0 Å². The van der Waals surface area contributed by atoms with Crippen LogP contribution in [-0.4, -0.2) is 24.4 Å². The summed E-state index contributed by atoms with van der Waals surface area (Å²) in [5.41, 5.74) is 4.63. The second-order valence-corrected chi connectivity index (χ2v) is 7.79. The number of rotatable bonds is 5. The molecule has 0 amide bonds. The van der Waals surface area contributed by atoms with Gasteiger partial charge in [-0.05, 0) is 54.4 Å². The molecule has 0 aromatic heterocycles. The fourth-order valence-corrected chi connectivity index (χ4v) is 4.13. The smallest absolute Gasteiger partial charge is 0.137 e. The van der Waals surface area contributed by atoms with E-state index < -0.39 is 0 Å². The molecule has 1 heterocycles. The summed E-state index contributed by atoms with van der Waals surface area (Å²) in [5.74, 6) is 1.86. The zero-order valence-corrected chi connectivity index (χ0v) is 17.7. The largest absolute Gasteiger partial charge is 0.497 e. The van der Waals surface area contributed by atoms with Crippen LogP contribution in [0.15, 0.2) is 82.3 Å². The van der Waals surface area contributed by atoms with Crippen LogP contribution in [0.1, 0.15) is 36.1 Å². The highest BCUT2D eigenvalue weighted by Crippen LogP contribution is 2.41. The summed E-state index contributed by atoms with van der Waals surface area (Å²) in [6, 6.07) is 25.3. The number of amidine groups is 1. The van der Waals surface area contributed by atoms with Crippen molar-refractivity contribution in [3.8, 4) is 5.75 Å². The summed E-state index contributed by atoms with van der Waals surface area (Å²) in [7, 11) is 1.69. The van der Waals surface area contributed by atoms with Crippen molar-refractivity contribution in [2.75, 3.05) is 13.7 Å². The van der Waals surface area contributed by atoms with Gasteiger partial charge in [-0.1, -0.05) is 53.2 Å². The van der Waals surface area contributed by atoms with E-state index in [1.807, 2.05) is 12.1 Å². The van der Waals surface area contributed by atoms with Gasteiger partial charge in [-0.15, -0.1) is 0 Å². The van der Waals surface area contributed by atoms with Crippen molar-refractivity contribution < 1.29 is 4.74 Å². The fraction of sp³-hybridized carbons (Fsp3) is 0.208. The van der Waals surface area contributed by atoms with Gasteiger partial charge in [-0.25, -0.2) is 4.99 Å². The molecule has 4 rings (SSSR count). The topological polar surface area (TPSA) is 24.8 Å². The van der Waals surface area contributed by atoms with Gasteiger partial charge >= 0.3 is 0 Å². The van der Waals surface area contributed by atoms with Crippen molar-refractivity contribution in [3.63, 3.8) is 0 Å². The van der Waals surface area contributed by atoms with E-state index in [4.69, 9.17) is 9.73 Å². The third kappa shape index (κ3) is 3.57. The summed E-state index contributed by atoms with van der Waals surface area (Å²) in [5, 5.41) is 0. The molecular formula is C24H23BrN2O. The molecule has 0 N–H and O–H groups in total. The van der Waals surface area contributed by atoms with Crippen molar-refractivity contribution >= 4 is 27.5 Å². The average molecular weight is 435 g/mol. The molecule has 3 aromatic rings. The highest BCUT2D eigenvalue weighted by Gasteiger charge is 2.31. The van der Waals surface area contributed by atoms with Crippen molar-refractivity contribution in [2.24, 2.45) is 4.99 Å². The Hall–Kier alpha value is -2.59. The Bertz CT molecular complexity index is 983. The van der Waals surface area contributed by atoms with E-state index in [0.29, 0.717) is 0 Å². The maximum absolute atomic E-state index is 5.33. The van der Waals surface area contributed by atoms with Crippen LogP contribution < -0.4 is 4.74 Å². The van der Waals surface area contributed by atoms with E-state index in [0.717, 1.165) is 40.3 Å². The predicted octanol–water partition coefficient (Wildman–Crippen LogP) is 6.35. The minimum atomic E-state index is 0.128. The molecule has 1 aliphatic rings. The van der Waals surface area contributed by atoms with Gasteiger partial charge in [0.1, 0.15) is 11.6 Å². The lowest BCUT2D eigenvalue weighted by Gasteiger charge is -2.39. The number of fused-ring (bicyclic) bond motifs is 1. The Balaban J connectivity index is 1.90. The fourth-order valence-electron chi connectivity index (χ4n) is 3.76. The van der Waals surface area contributed by atoms with E-state index in [2.05, 4.69) is 88.4 Å². The zero-order valence-electron chi connectivity index (χ0n) is 16.1. The molecule has 0 spiro atoms. The van der Waals surface area contributed by atoms with Crippen molar-refractivity contribution in [3.05, 3.63) is 94.0 Å². The van der Waals surface area contributed by atoms with Crippen LogP contribution >= 0.6 is 15.9 Å². The van der Waals surface area contributed by atoms with Crippen molar-refractivity contribution in [1.82, 2.24) is 4.90 Å². The van der Waals surface area contributed by atoms with Crippen LogP contribution in [0.3, 0.4) is 0 Å². The molecule has 0 saturated carbocycles. The first-order valence-electron chi connectivity index (χ1n) is 9.55. The molecule has 0 fully saturated rings. The van der Waals surface area contributed by atoms with Crippen LogP contribution in [0.5, 0.6) is 5.75 Å². The first kappa shape index (κ1) is 18.8. The summed E-state index contributed by atoms with van der Waals surface area (Å²) in [4.78, 5) is 7.49. The van der Waals surface area contributed by atoms with Gasteiger partial charge in [0.25, 0.3) is 0 Å². The molecule has 28 heavy (non-hydrogen) atoms. The van der Waals surface area contributed by atoms with Crippen LogP contribution in [-0.2, 0) is 0 Å². The number of hydrogen-bond acceptors (Lipinski definition) is 3. The molecule has 1 unspecified atom stereocenters. The van der Waals surface area contributed by atoms with Gasteiger partial charge in [0, 0.05) is 22.1 Å². The third-order valence-electron chi connectivity index (χ3n) is 5.02. The number of benzene rings is 3. The minimum absolute atomic E-state index is 0.128. The Kier molecular flexibility index (Phi) is 5.49. The maximum Gasteiger partial charge on any atom is 0.137 e. The quantitative estimate of drug-likeness (QED) is 0.467.